The van der Waals surface area contributed by atoms with Gasteiger partial charge in [-0.2, -0.15) is 0 Å². The number of fused-ring (bicyclic) bond motifs is 2. The highest BCUT2D eigenvalue weighted by Gasteiger charge is 2.35. The predicted octanol–water partition coefficient (Wildman–Crippen LogP) is 4.32. The Balaban J connectivity index is 1.73. The van der Waals surface area contributed by atoms with Crippen molar-refractivity contribution in [2.75, 3.05) is 0 Å². The minimum absolute atomic E-state index is 0.214. The average Bonchev–Trinajstić information content (AvgIpc) is 3.29. The summed E-state index contributed by atoms with van der Waals surface area (Å²) >= 11 is 6.20. The Morgan fingerprint density at radius 1 is 1.04 bits per heavy atom. The summed E-state index contributed by atoms with van der Waals surface area (Å²) < 4.78 is 27.1. The van der Waals surface area contributed by atoms with Gasteiger partial charge in [0.15, 0.2) is 0 Å². The maximum absolute atomic E-state index is 13.6. The molecule has 2 aliphatic rings. The van der Waals surface area contributed by atoms with E-state index in [-0.39, 0.29) is 21.9 Å². The highest BCUT2D eigenvalue weighted by molar-refractivity contribution is 7.91. The summed E-state index contributed by atoms with van der Waals surface area (Å²) in [6, 6.07) is 14.3. The molecule has 2 N–H and O–H groups in total. The molecule has 1 aliphatic heterocycles. The first-order valence-corrected chi connectivity index (χ1v) is 11.4. The van der Waals surface area contributed by atoms with E-state index in [1.165, 1.54) is 6.42 Å². The first-order valence-electron chi connectivity index (χ1n) is 9.50. The highest BCUT2D eigenvalue weighted by Crippen LogP contribution is 2.35. The van der Waals surface area contributed by atoms with Crippen molar-refractivity contribution in [3.63, 3.8) is 0 Å². The van der Waals surface area contributed by atoms with Gasteiger partial charge < -0.3 is 10.3 Å². The number of H-pyrrole nitrogens is 1. The Kier molecular flexibility index (Phi) is 4.21. The van der Waals surface area contributed by atoms with E-state index in [1.807, 2.05) is 6.07 Å². The monoisotopic (exact) mass is 413 g/mol. The first kappa shape index (κ1) is 17.8. The average molecular weight is 414 g/mol. The smallest absolute Gasteiger partial charge is 0.209 e. The third-order valence-corrected chi connectivity index (χ3v) is 7.71. The summed E-state index contributed by atoms with van der Waals surface area (Å²) in [6.45, 7) is 0. The van der Waals surface area contributed by atoms with Crippen LogP contribution in [0.3, 0.4) is 0 Å². The van der Waals surface area contributed by atoms with Gasteiger partial charge in [0, 0.05) is 15.9 Å². The largest absolute Gasteiger partial charge is 0.364 e. The lowest BCUT2D eigenvalue weighted by Gasteiger charge is -2.23. The number of benzene rings is 2. The first-order chi connectivity index (χ1) is 13.5. The lowest BCUT2D eigenvalue weighted by molar-refractivity contribution is 0.384. The number of hydrogen-bond donors (Lipinski definition) is 2. The minimum Gasteiger partial charge on any atom is -0.364 e. The van der Waals surface area contributed by atoms with E-state index in [4.69, 9.17) is 16.6 Å². The number of aromatic amines is 1. The fourth-order valence-corrected chi connectivity index (χ4v) is 6.05. The summed E-state index contributed by atoms with van der Waals surface area (Å²) in [5.74, 6) is 0.638. The summed E-state index contributed by atoms with van der Waals surface area (Å²) in [4.78, 5) is 8.63. The number of rotatable bonds is 3. The molecule has 2 heterocycles. The molecule has 0 bridgehead atoms. The zero-order chi connectivity index (χ0) is 19.3. The molecule has 0 unspecified atom stereocenters. The molecule has 144 valence electrons. The Morgan fingerprint density at radius 3 is 2.61 bits per heavy atom. The van der Waals surface area contributed by atoms with Crippen LogP contribution in [-0.4, -0.2) is 31.3 Å². The van der Waals surface area contributed by atoms with Crippen LogP contribution in [0.1, 0.15) is 31.4 Å². The van der Waals surface area contributed by atoms with Crippen molar-refractivity contribution in [2.45, 2.75) is 47.6 Å². The third kappa shape index (κ3) is 2.83. The Morgan fingerprint density at radius 2 is 1.82 bits per heavy atom. The maximum atomic E-state index is 13.6. The fourth-order valence-electron chi connectivity index (χ4n) is 4.25. The van der Waals surface area contributed by atoms with Gasteiger partial charge in [0.1, 0.15) is 16.4 Å². The van der Waals surface area contributed by atoms with Crippen LogP contribution in [0.25, 0.3) is 10.9 Å². The van der Waals surface area contributed by atoms with E-state index in [2.05, 4.69) is 10.3 Å². The van der Waals surface area contributed by atoms with Crippen molar-refractivity contribution in [3.8, 4) is 0 Å². The van der Waals surface area contributed by atoms with Crippen molar-refractivity contribution in [1.29, 1.82) is 0 Å². The second-order valence-electron chi connectivity index (χ2n) is 7.42. The van der Waals surface area contributed by atoms with Crippen molar-refractivity contribution < 1.29 is 8.42 Å². The molecular formula is C21H20ClN3O2S. The van der Waals surface area contributed by atoms with Crippen LogP contribution in [0, 0.1) is 0 Å². The summed E-state index contributed by atoms with van der Waals surface area (Å²) in [5, 5.41) is 4.56. The van der Waals surface area contributed by atoms with E-state index in [0.29, 0.717) is 21.9 Å². The van der Waals surface area contributed by atoms with Crippen molar-refractivity contribution in [2.24, 2.45) is 4.99 Å². The van der Waals surface area contributed by atoms with Gasteiger partial charge in [-0.3, -0.25) is 4.99 Å². The second-order valence-corrected chi connectivity index (χ2v) is 9.74. The standard InChI is InChI=1S/C21H20ClN3O2S/c22-13-10-11-16-15(12-13)20(28(26,27)14-6-2-1-3-7-14)19(23-16)21-24-17-8-4-5-9-18(17)25-21/h1-3,6-7,10-12,17-18,23H,4-5,8-9H2,(H,24,25)/t17-,18-/m0/s1. The number of aromatic nitrogens is 1. The van der Waals surface area contributed by atoms with Crippen LogP contribution in [0.2, 0.25) is 5.02 Å². The lowest BCUT2D eigenvalue weighted by Crippen LogP contribution is -2.37. The second kappa shape index (κ2) is 6.64. The van der Waals surface area contributed by atoms with Gasteiger partial charge in [0.05, 0.1) is 17.0 Å². The predicted molar refractivity (Wildman–Crippen MR) is 111 cm³/mol. The summed E-state index contributed by atoms with van der Waals surface area (Å²) in [6.07, 6.45) is 4.43. The number of sulfone groups is 1. The van der Waals surface area contributed by atoms with Gasteiger partial charge in [0.2, 0.25) is 9.84 Å². The molecule has 0 amide bonds. The van der Waals surface area contributed by atoms with Gasteiger partial charge in [-0.05, 0) is 43.2 Å². The molecule has 3 aromatic rings. The number of nitrogens with zero attached hydrogens (tertiary/aromatic N) is 1. The van der Waals surface area contributed by atoms with Gasteiger partial charge >= 0.3 is 0 Å². The highest BCUT2D eigenvalue weighted by atomic mass is 35.5. The molecule has 0 saturated heterocycles. The number of amidine groups is 1. The van der Waals surface area contributed by atoms with Crippen LogP contribution in [0.4, 0.5) is 0 Å². The van der Waals surface area contributed by atoms with Crippen LogP contribution < -0.4 is 5.32 Å². The molecule has 7 heteroatoms. The molecular weight excluding hydrogens is 394 g/mol. The summed E-state index contributed by atoms with van der Waals surface area (Å²) in [5.41, 5.74) is 1.25. The van der Waals surface area contributed by atoms with Crippen LogP contribution in [-0.2, 0) is 9.84 Å². The molecule has 5 nitrogen and oxygen atoms in total. The van der Waals surface area contributed by atoms with Crippen LogP contribution >= 0.6 is 11.6 Å². The Hall–Kier alpha value is -2.31. The SMILES string of the molecule is O=S(=O)(c1ccccc1)c1c(C2=N[C@H]3CCCC[C@@H]3N2)[nH]c2ccc(Cl)cc12. The molecule has 1 fully saturated rings. The number of hydrogen-bond acceptors (Lipinski definition) is 4. The molecule has 0 spiro atoms. The van der Waals surface area contributed by atoms with Gasteiger partial charge in [-0.1, -0.05) is 42.6 Å². The number of halogens is 1. The lowest BCUT2D eigenvalue weighted by atomic mass is 9.92. The van der Waals surface area contributed by atoms with Gasteiger partial charge in [0.25, 0.3) is 0 Å². The molecule has 28 heavy (non-hydrogen) atoms. The number of nitrogens with one attached hydrogen (secondary N) is 2. The van der Waals surface area contributed by atoms with Crippen molar-refractivity contribution in [1.82, 2.24) is 10.3 Å². The van der Waals surface area contributed by atoms with Crippen molar-refractivity contribution >= 4 is 38.2 Å². The molecule has 5 rings (SSSR count). The topological polar surface area (TPSA) is 74.3 Å². The molecule has 2 atom stereocenters. The fraction of sp³-hybridized carbons (Fsp3) is 0.286. The Bertz CT molecular complexity index is 1190. The molecule has 0 radical (unpaired) electrons. The molecule has 1 saturated carbocycles. The molecule has 2 aromatic carbocycles. The Labute approximate surface area is 168 Å². The normalized spacial score (nSPS) is 22.0. The quantitative estimate of drug-likeness (QED) is 0.671. The zero-order valence-corrected chi connectivity index (χ0v) is 16.7. The van der Waals surface area contributed by atoms with E-state index in [1.54, 1.807) is 42.5 Å². The van der Waals surface area contributed by atoms with Gasteiger partial charge in [-0.15, -0.1) is 0 Å². The van der Waals surface area contributed by atoms with E-state index >= 15 is 0 Å². The van der Waals surface area contributed by atoms with E-state index in [0.717, 1.165) is 24.8 Å². The number of aliphatic imine (C=N–C) groups is 1. The van der Waals surface area contributed by atoms with Crippen LogP contribution in [0.15, 0.2) is 63.3 Å². The van der Waals surface area contributed by atoms with E-state index < -0.39 is 9.84 Å². The van der Waals surface area contributed by atoms with Gasteiger partial charge in [-0.25, -0.2) is 8.42 Å². The zero-order valence-electron chi connectivity index (χ0n) is 15.2. The molecule has 1 aromatic heterocycles. The minimum atomic E-state index is -3.75. The molecule has 1 aliphatic carbocycles. The van der Waals surface area contributed by atoms with E-state index in [9.17, 15) is 8.42 Å². The summed E-state index contributed by atoms with van der Waals surface area (Å²) in [7, 11) is -3.75. The maximum Gasteiger partial charge on any atom is 0.209 e. The van der Waals surface area contributed by atoms with Crippen LogP contribution in [0.5, 0.6) is 0 Å². The van der Waals surface area contributed by atoms with Crippen molar-refractivity contribution in [3.05, 3.63) is 59.2 Å². The third-order valence-electron chi connectivity index (χ3n) is 5.62.